The maximum Gasteiger partial charge on any atom is 0.255 e. The quantitative estimate of drug-likeness (QED) is 0.341. The number of halogens is 1. The van der Waals surface area contributed by atoms with Crippen molar-refractivity contribution in [1.29, 1.82) is 0 Å². The zero-order valence-electron chi connectivity index (χ0n) is 19.2. The van der Waals surface area contributed by atoms with Gasteiger partial charge in [0, 0.05) is 18.4 Å². The molecule has 8 nitrogen and oxygen atoms in total. The molecule has 2 heterocycles. The fourth-order valence-corrected chi connectivity index (χ4v) is 4.73. The van der Waals surface area contributed by atoms with E-state index < -0.39 is 32.9 Å². The highest BCUT2D eigenvalue weighted by atomic mass is 32.2. The van der Waals surface area contributed by atoms with Crippen LogP contribution in [0.15, 0.2) is 65.8 Å². The van der Waals surface area contributed by atoms with Gasteiger partial charge in [0.05, 0.1) is 33.6 Å². The van der Waals surface area contributed by atoms with Crippen LogP contribution in [0, 0.1) is 5.82 Å². The number of fused-ring (bicyclic) bond motifs is 1. The number of aliphatic hydroxyl groups excluding tert-OH is 1. The summed E-state index contributed by atoms with van der Waals surface area (Å²) in [6.07, 6.45) is 3.30. The molecule has 0 saturated carbocycles. The van der Waals surface area contributed by atoms with Gasteiger partial charge in [-0.1, -0.05) is 24.3 Å². The van der Waals surface area contributed by atoms with Crippen LogP contribution in [0.1, 0.15) is 42.2 Å². The van der Waals surface area contributed by atoms with Gasteiger partial charge in [0.2, 0.25) is 0 Å². The minimum absolute atomic E-state index is 0.164. The Morgan fingerprint density at radius 1 is 1.11 bits per heavy atom. The minimum atomic E-state index is -3.39. The molecule has 4 rings (SSSR count). The molecule has 0 aliphatic carbocycles. The molecule has 2 aromatic heterocycles. The normalized spacial score (nSPS) is 12.7. The third kappa shape index (κ3) is 5.08. The second kappa shape index (κ2) is 9.93. The van der Waals surface area contributed by atoms with Gasteiger partial charge in [0.25, 0.3) is 5.91 Å². The van der Waals surface area contributed by atoms with Crippen LogP contribution in [0.5, 0.6) is 0 Å². The molecule has 0 fully saturated rings. The Kier molecular flexibility index (Phi) is 6.95. The molecular formula is C25H25FN4O4S. The number of carbonyl (C=O) groups excluding carboxylic acids is 1. The summed E-state index contributed by atoms with van der Waals surface area (Å²) in [5.74, 6) is -0.819. The molecule has 0 saturated heterocycles. The van der Waals surface area contributed by atoms with Crippen molar-refractivity contribution < 1.29 is 22.7 Å². The number of sulfone groups is 1. The van der Waals surface area contributed by atoms with Crippen LogP contribution >= 0.6 is 0 Å². The topological polar surface area (TPSA) is 125 Å². The summed E-state index contributed by atoms with van der Waals surface area (Å²) >= 11 is 0. The minimum Gasteiger partial charge on any atom is -0.396 e. The lowest BCUT2D eigenvalue weighted by Crippen LogP contribution is -2.29. The third-order valence-electron chi connectivity index (χ3n) is 5.72. The largest absolute Gasteiger partial charge is 0.396 e. The molecule has 35 heavy (non-hydrogen) atoms. The van der Waals surface area contributed by atoms with Crippen molar-refractivity contribution in [3.8, 4) is 11.3 Å². The van der Waals surface area contributed by atoms with Crippen LogP contribution in [-0.2, 0) is 9.84 Å². The van der Waals surface area contributed by atoms with Crippen molar-refractivity contribution in [3.63, 3.8) is 0 Å². The average molecular weight is 497 g/mol. The second-order valence-electron chi connectivity index (χ2n) is 8.36. The lowest BCUT2D eigenvalue weighted by Gasteiger charge is -2.18. The van der Waals surface area contributed by atoms with E-state index in [1.807, 2.05) is 0 Å². The van der Waals surface area contributed by atoms with Crippen molar-refractivity contribution in [1.82, 2.24) is 20.3 Å². The number of aromatic nitrogens is 3. The molecule has 182 valence electrons. The van der Waals surface area contributed by atoms with Crippen molar-refractivity contribution in [2.75, 3.05) is 6.61 Å². The first-order chi connectivity index (χ1) is 16.7. The summed E-state index contributed by atoms with van der Waals surface area (Å²) < 4.78 is 38.1. The summed E-state index contributed by atoms with van der Waals surface area (Å²) in [4.78, 5) is 25.2. The Hall–Kier alpha value is -3.63. The lowest BCUT2D eigenvalue weighted by atomic mass is 10.0. The standard InChI is InChI=1S/C25H25FN4O4S/c1-15(2)35(33,34)19-9-5-17(6-10-19)22-14-28-24-23(29-22)20(13-27-24)25(32)30-21(11-12-31)16-3-7-18(26)8-4-16/h3-10,13-15,21,31H,11-12H2,1-2H3,(H,27,28)(H,30,32). The van der Waals surface area contributed by atoms with Crippen molar-refractivity contribution in [3.05, 3.63) is 77.9 Å². The first kappa shape index (κ1) is 24.5. The van der Waals surface area contributed by atoms with Crippen molar-refractivity contribution in [2.45, 2.75) is 36.5 Å². The highest BCUT2D eigenvalue weighted by molar-refractivity contribution is 7.92. The van der Waals surface area contributed by atoms with Crippen LogP contribution < -0.4 is 5.32 Å². The van der Waals surface area contributed by atoms with Gasteiger partial charge in [-0.05, 0) is 50.1 Å². The summed E-state index contributed by atoms with van der Waals surface area (Å²) in [5.41, 5.74) is 2.82. The number of aromatic amines is 1. The van der Waals surface area contributed by atoms with Crippen LogP contribution in [0.2, 0.25) is 0 Å². The van der Waals surface area contributed by atoms with Crippen LogP contribution in [-0.4, -0.2) is 46.2 Å². The van der Waals surface area contributed by atoms with E-state index in [0.29, 0.717) is 28.0 Å². The van der Waals surface area contributed by atoms with E-state index in [1.165, 1.54) is 30.5 Å². The number of nitrogens with one attached hydrogen (secondary N) is 2. The summed E-state index contributed by atoms with van der Waals surface area (Å²) in [6, 6.07) is 11.6. The molecule has 0 bridgehead atoms. The first-order valence-corrected chi connectivity index (χ1v) is 12.6. The fourth-order valence-electron chi connectivity index (χ4n) is 3.67. The van der Waals surface area contributed by atoms with E-state index in [0.717, 1.165) is 0 Å². The van der Waals surface area contributed by atoms with Gasteiger partial charge in [-0.25, -0.2) is 22.8 Å². The first-order valence-electron chi connectivity index (χ1n) is 11.1. The van der Waals surface area contributed by atoms with Gasteiger partial charge in [-0.15, -0.1) is 0 Å². The number of nitrogens with zero attached hydrogens (tertiary/aromatic N) is 2. The summed E-state index contributed by atoms with van der Waals surface area (Å²) in [5, 5.41) is 11.8. The average Bonchev–Trinajstić information content (AvgIpc) is 3.28. The van der Waals surface area contributed by atoms with Gasteiger partial charge in [0.1, 0.15) is 11.3 Å². The number of benzene rings is 2. The Labute approximate surface area is 202 Å². The van der Waals surface area contributed by atoms with E-state index in [-0.39, 0.29) is 23.5 Å². The van der Waals surface area contributed by atoms with Crippen molar-refractivity contribution >= 4 is 26.9 Å². The number of amides is 1. The number of hydrogen-bond acceptors (Lipinski definition) is 6. The zero-order chi connectivity index (χ0) is 25.2. The molecule has 0 aliphatic rings. The molecule has 1 atom stereocenters. The van der Waals surface area contributed by atoms with Gasteiger partial charge in [0.15, 0.2) is 15.5 Å². The monoisotopic (exact) mass is 496 g/mol. The predicted molar refractivity (Wildman–Crippen MR) is 130 cm³/mol. The number of carbonyl (C=O) groups is 1. The molecule has 4 aromatic rings. The lowest BCUT2D eigenvalue weighted by molar-refractivity contribution is 0.0931. The molecule has 0 radical (unpaired) electrons. The number of aliphatic hydroxyl groups is 1. The van der Waals surface area contributed by atoms with Gasteiger partial charge < -0.3 is 15.4 Å². The Morgan fingerprint density at radius 2 is 1.80 bits per heavy atom. The van der Waals surface area contributed by atoms with Crippen molar-refractivity contribution in [2.24, 2.45) is 0 Å². The number of H-pyrrole nitrogens is 1. The molecule has 3 N–H and O–H groups in total. The molecular weight excluding hydrogens is 471 g/mol. The SMILES string of the molecule is CC(C)S(=O)(=O)c1ccc(-c2cnc3[nH]cc(C(=O)NC(CCO)c4ccc(F)cc4)c3n2)cc1. The van der Waals surface area contributed by atoms with E-state index in [4.69, 9.17) is 0 Å². The maximum atomic E-state index is 13.3. The van der Waals surface area contributed by atoms with E-state index in [2.05, 4.69) is 20.3 Å². The van der Waals surface area contributed by atoms with Gasteiger partial charge in [-0.3, -0.25) is 4.79 Å². The highest BCUT2D eigenvalue weighted by Crippen LogP contribution is 2.25. The van der Waals surface area contributed by atoms with E-state index >= 15 is 0 Å². The number of hydrogen-bond donors (Lipinski definition) is 3. The maximum absolute atomic E-state index is 13.3. The van der Waals surface area contributed by atoms with E-state index in [1.54, 1.807) is 44.3 Å². The summed E-state index contributed by atoms with van der Waals surface area (Å²) in [6.45, 7) is 3.09. The van der Waals surface area contributed by atoms with Crippen LogP contribution in [0.3, 0.4) is 0 Å². The molecule has 1 unspecified atom stereocenters. The third-order valence-corrected chi connectivity index (χ3v) is 7.89. The predicted octanol–water partition coefficient (Wildman–Crippen LogP) is 3.80. The zero-order valence-corrected chi connectivity index (χ0v) is 20.0. The smallest absolute Gasteiger partial charge is 0.255 e. The second-order valence-corrected chi connectivity index (χ2v) is 10.9. The molecule has 10 heteroatoms. The molecule has 2 aromatic carbocycles. The fraction of sp³-hybridized carbons (Fsp3) is 0.240. The number of rotatable bonds is 8. The van der Waals surface area contributed by atoms with Gasteiger partial charge in [-0.2, -0.15) is 0 Å². The van der Waals surface area contributed by atoms with Crippen LogP contribution in [0.4, 0.5) is 4.39 Å². The Balaban J connectivity index is 1.62. The Bertz CT molecular complexity index is 1450. The van der Waals surface area contributed by atoms with E-state index in [9.17, 15) is 22.7 Å². The van der Waals surface area contributed by atoms with Crippen LogP contribution in [0.25, 0.3) is 22.4 Å². The Morgan fingerprint density at radius 3 is 2.43 bits per heavy atom. The molecule has 1 amide bonds. The highest BCUT2D eigenvalue weighted by Gasteiger charge is 2.21. The molecule has 0 aliphatic heterocycles. The van der Waals surface area contributed by atoms with Gasteiger partial charge >= 0.3 is 0 Å². The summed E-state index contributed by atoms with van der Waals surface area (Å²) in [7, 11) is -3.39. The molecule has 0 spiro atoms.